The van der Waals surface area contributed by atoms with Crippen molar-refractivity contribution in [3.05, 3.63) is 45.7 Å². The van der Waals surface area contributed by atoms with E-state index in [1.807, 2.05) is 29.6 Å². The zero-order chi connectivity index (χ0) is 16.1. The Morgan fingerprint density at radius 2 is 2.04 bits per heavy atom. The Labute approximate surface area is 144 Å². The lowest BCUT2D eigenvalue weighted by Gasteiger charge is -2.35. The highest BCUT2D eigenvalue weighted by Gasteiger charge is 2.18. The monoisotopic (exact) mass is 350 g/mol. The van der Waals surface area contributed by atoms with E-state index in [-0.39, 0.29) is 5.91 Å². The summed E-state index contributed by atoms with van der Waals surface area (Å²) >= 11 is 7.41. The molecule has 1 saturated heterocycles. The van der Waals surface area contributed by atoms with Crippen LogP contribution in [0.2, 0.25) is 5.15 Å². The van der Waals surface area contributed by atoms with E-state index in [9.17, 15) is 4.79 Å². The summed E-state index contributed by atoms with van der Waals surface area (Å²) in [6.45, 7) is 5.31. The summed E-state index contributed by atoms with van der Waals surface area (Å²) in [4.78, 5) is 21.6. The molecule has 0 bridgehead atoms. The minimum atomic E-state index is 0.0155. The number of amides is 1. The van der Waals surface area contributed by atoms with Gasteiger partial charge in [-0.15, -0.1) is 11.3 Å². The van der Waals surface area contributed by atoms with Crippen molar-refractivity contribution in [1.82, 2.24) is 15.2 Å². The van der Waals surface area contributed by atoms with Crippen LogP contribution in [-0.4, -0.2) is 55.1 Å². The van der Waals surface area contributed by atoms with E-state index in [0.29, 0.717) is 11.7 Å². The van der Waals surface area contributed by atoms with Gasteiger partial charge in [0.05, 0.1) is 4.88 Å². The highest BCUT2D eigenvalue weighted by atomic mass is 35.5. The number of piperazine rings is 1. The molecule has 1 aliphatic heterocycles. The van der Waals surface area contributed by atoms with Crippen LogP contribution in [0.25, 0.3) is 0 Å². The van der Waals surface area contributed by atoms with Crippen LogP contribution in [-0.2, 0) is 0 Å². The average Bonchev–Trinajstić information content (AvgIpc) is 3.10. The SMILES string of the molecule is O=C(NCCN1CCN(c2cccc(Cl)n2)CC1)c1cccs1. The molecule has 0 spiro atoms. The Balaban J connectivity index is 1.40. The lowest BCUT2D eigenvalue weighted by atomic mass is 10.3. The smallest absolute Gasteiger partial charge is 0.261 e. The molecule has 1 fully saturated rings. The first-order valence-corrected chi connectivity index (χ1v) is 8.90. The quantitative estimate of drug-likeness (QED) is 0.841. The van der Waals surface area contributed by atoms with E-state index < -0.39 is 0 Å². The second kappa shape index (κ2) is 7.77. The molecular formula is C16H19ClN4OS. The Hall–Kier alpha value is -1.63. The molecule has 0 atom stereocenters. The molecule has 1 aliphatic rings. The molecule has 0 unspecified atom stereocenters. The van der Waals surface area contributed by atoms with E-state index in [4.69, 9.17) is 11.6 Å². The largest absolute Gasteiger partial charge is 0.354 e. The van der Waals surface area contributed by atoms with Gasteiger partial charge in [-0.05, 0) is 23.6 Å². The second-order valence-electron chi connectivity index (χ2n) is 5.38. The van der Waals surface area contributed by atoms with E-state index >= 15 is 0 Å². The number of carbonyl (C=O) groups is 1. The number of thiophene rings is 1. The number of nitrogens with one attached hydrogen (secondary N) is 1. The fourth-order valence-corrected chi connectivity index (χ4v) is 3.40. The Kier molecular flexibility index (Phi) is 5.48. The summed E-state index contributed by atoms with van der Waals surface area (Å²) in [6.07, 6.45) is 0. The van der Waals surface area contributed by atoms with Gasteiger partial charge < -0.3 is 10.2 Å². The molecule has 2 aromatic heterocycles. The van der Waals surface area contributed by atoms with Gasteiger partial charge in [0, 0.05) is 39.3 Å². The normalized spacial score (nSPS) is 15.6. The maximum Gasteiger partial charge on any atom is 0.261 e. The van der Waals surface area contributed by atoms with Crippen molar-refractivity contribution in [2.45, 2.75) is 0 Å². The third kappa shape index (κ3) is 4.43. The minimum absolute atomic E-state index is 0.0155. The molecule has 23 heavy (non-hydrogen) atoms. The summed E-state index contributed by atoms with van der Waals surface area (Å²) < 4.78 is 0. The number of hydrogen-bond acceptors (Lipinski definition) is 5. The van der Waals surface area contributed by atoms with Gasteiger partial charge in [-0.25, -0.2) is 4.98 Å². The first-order valence-electron chi connectivity index (χ1n) is 7.64. The van der Waals surface area contributed by atoms with E-state index in [1.54, 1.807) is 6.07 Å². The highest BCUT2D eigenvalue weighted by molar-refractivity contribution is 7.12. The number of pyridine rings is 1. The molecule has 0 saturated carbocycles. The average molecular weight is 351 g/mol. The lowest BCUT2D eigenvalue weighted by Crippen LogP contribution is -2.48. The molecule has 5 nitrogen and oxygen atoms in total. The van der Waals surface area contributed by atoms with Gasteiger partial charge in [0.1, 0.15) is 11.0 Å². The Morgan fingerprint density at radius 1 is 1.22 bits per heavy atom. The molecule has 0 radical (unpaired) electrons. The number of hydrogen-bond donors (Lipinski definition) is 1. The molecule has 122 valence electrons. The summed E-state index contributed by atoms with van der Waals surface area (Å²) in [7, 11) is 0. The molecule has 0 aliphatic carbocycles. The van der Waals surface area contributed by atoms with Crippen LogP contribution < -0.4 is 10.2 Å². The second-order valence-corrected chi connectivity index (χ2v) is 6.72. The summed E-state index contributed by atoms with van der Waals surface area (Å²) in [5.74, 6) is 0.949. The molecule has 1 N–H and O–H groups in total. The highest BCUT2D eigenvalue weighted by Crippen LogP contribution is 2.16. The van der Waals surface area contributed by atoms with Crippen molar-refractivity contribution < 1.29 is 4.79 Å². The van der Waals surface area contributed by atoms with E-state index in [2.05, 4.69) is 20.1 Å². The molecule has 1 amide bonds. The Morgan fingerprint density at radius 3 is 2.74 bits per heavy atom. The molecule has 7 heteroatoms. The van der Waals surface area contributed by atoms with Crippen molar-refractivity contribution in [3.8, 4) is 0 Å². The maximum atomic E-state index is 11.9. The fraction of sp³-hybridized carbons (Fsp3) is 0.375. The Bertz CT molecular complexity index is 641. The van der Waals surface area contributed by atoms with E-state index in [1.165, 1.54) is 11.3 Å². The number of nitrogens with zero attached hydrogens (tertiary/aromatic N) is 3. The molecule has 0 aromatic carbocycles. The number of anilines is 1. The van der Waals surface area contributed by atoms with Crippen molar-refractivity contribution >= 4 is 34.7 Å². The number of halogens is 1. The van der Waals surface area contributed by atoms with Crippen LogP contribution >= 0.6 is 22.9 Å². The first kappa shape index (κ1) is 16.2. The standard InChI is InChI=1S/C16H19ClN4OS/c17-14-4-1-5-15(19-14)21-10-8-20(9-11-21)7-6-18-16(22)13-3-2-12-23-13/h1-5,12H,6-11H2,(H,18,22). The summed E-state index contributed by atoms with van der Waals surface area (Å²) in [5, 5.41) is 5.41. The topological polar surface area (TPSA) is 48.5 Å². The zero-order valence-electron chi connectivity index (χ0n) is 12.7. The van der Waals surface area contributed by atoms with Gasteiger partial charge in [-0.2, -0.15) is 0 Å². The van der Waals surface area contributed by atoms with Crippen LogP contribution in [0.3, 0.4) is 0 Å². The zero-order valence-corrected chi connectivity index (χ0v) is 14.3. The lowest BCUT2D eigenvalue weighted by molar-refractivity contribution is 0.0952. The molecule has 3 rings (SSSR count). The van der Waals surface area contributed by atoms with Crippen molar-refractivity contribution in [2.24, 2.45) is 0 Å². The number of aromatic nitrogens is 1. The minimum Gasteiger partial charge on any atom is -0.354 e. The van der Waals surface area contributed by atoms with Crippen LogP contribution in [0.4, 0.5) is 5.82 Å². The maximum absolute atomic E-state index is 11.9. The van der Waals surface area contributed by atoms with Gasteiger partial charge in [0.2, 0.25) is 0 Å². The van der Waals surface area contributed by atoms with Gasteiger partial charge in [0.25, 0.3) is 5.91 Å². The fourth-order valence-electron chi connectivity index (χ4n) is 2.60. The molecule has 3 heterocycles. The number of carbonyl (C=O) groups excluding carboxylic acids is 1. The predicted octanol–water partition coefficient (Wildman–Crippen LogP) is 2.35. The number of rotatable bonds is 5. The van der Waals surface area contributed by atoms with Gasteiger partial charge >= 0.3 is 0 Å². The van der Waals surface area contributed by atoms with Crippen molar-refractivity contribution in [2.75, 3.05) is 44.2 Å². The third-order valence-corrected chi connectivity index (χ3v) is 4.93. The van der Waals surface area contributed by atoms with Crippen LogP contribution in [0.1, 0.15) is 9.67 Å². The summed E-state index contributed by atoms with van der Waals surface area (Å²) in [6, 6.07) is 9.44. The van der Waals surface area contributed by atoms with E-state index in [0.717, 1.165) is 43.4 Å². The molecular weight excluding hydrogens is 332 g/mol. The van der Waals surface area contributed by atoms with Crippen LogP contribution in [0.15, 0.2) is 35.7 Å². The predicted molar refractivity (Wildman–Crippen MR) is 94.6 cm³/mol. The van der Waals surface area contributed by atoms with Crippen LogP contribution in [0.5, 0.6) is 0 Å². The molecule has 2 aromatic rings. The first-order chi connectivity index (χ1) is 11.2. The summed E-state index contributed by atoms with van der Waals surface area (Å²) in [5.41, 5.74) is 0. The van der Waals surface area contributed by atoms with Crippen molar-refractivity contribution in [1.29, 1.82) is 0 Å². The van der Waals surface area contributed by atoms with Gasteiger partial charge in [0.15, 0.2) is 0 Å². The van der Waals surface area contributed by atoms with Crippen molar-refractivity contribution in [3.63, 3.8) is 0 Å². The van der Waals surface area contributed by atoms with Crippen LogP contribution in [0, 0.1) is 0 Å². The third-order valence-electron chi connectivity index (χ3n) is 3.86. The van der Waals surface area contributed by atoms with Gasteiger partial charge in [-0.1, -0.05) is 23.7 Å². The van der Waals surface area contributed by atoms with Gasteiger partial charge in [-0.3, -0.25) is 9.69 Å².